The summed E-state index contributed by atoms with van der Waals surface area (Å²) in [5.74, 6) is -0.718. The van der Waals surface area contributed by atoms with E-state index in [0.29, 0.717) is 0 Å². The molecule has 0 aromatic rings. The second-order valence-electron chi connectivity index (χ2n) is 5.58. The van der Waals surface area contributed by atoms with Crippen LogP contribution >= 0.6 is 0 Å². The molecule has 4 heteroatoms. The van der Waals surface area contributed by atoms with E-state index in [1.165, 1.54) is 6.08 Å². The van der Waals surface area contributed by atoms with Gasteiger partial charge >= 0.3 is 12.1 Å². The van der Waals surface area contributed by atoms with Gasteiger partial charge in [0.25, 0.3) is 0 Å². The minimum absolute atomic E-state index is 0.132. The van der Waals surface area contributed by atoms with Crippen molar-refractivity contribution in [3.05, 3.63) is 12.2 Å². The minimum atomic E-state index is -0.976. The molecular weight excluding hydrogens is 208 g/mol. The second kappa shape index (κ2) is 5.14. The maximum atomic E-state index is 11.2. The molecule has 0 aliphatic rings. The summed E-state index contributed by atoms with van der Waals surface area (Å²) in [6, 6.07) is 0. The van der Waals surface area contributed by atoms with Crippen molar-refractivity contribution in [3.63, 3.8) is 0 Å². The average Bonchev–Trinajstić information content (AvgIpc) is 1.95. The van der Waals surface area contributed by atoms with Crippen molar-refractivity contribution in [3.8, 4) is 0 Å². The molecule has 0 saturated heterocycles. The molecule has 0 radical (unpaired) electrons. The van der Waals surface area contributed by atoms with Gasteiger partial charge in [-0.05, 0) is 26.2 Å². The molecule has 16 heavy (non-hydrogen) atoms. The third-order valence-electron chi connectivity index (χ3n) is 1.29. The molecule has 0 aliphatic heterocycles. The van der Waals surface area contributed by atoms with E-state index in [0.717, 1.165) is 0 Å². The second-order valence-corrected chi connectivity index (χ2v) is 5.58. The average molecular weight is 228 g/mol. The van der Waals surface area contributed by atoms with Gasteiger partial charge in [-0.25, -0.2) is 9.59 Å². The molecule has 0 aliphatic carbocycles. The Bertz CT molecular complexity index is 289. The van der Waals surface area contributed by atoms with Crippen LogP contribution in [0.1, 0.15) is 41.5 Å². The maximum Gasteiger partial charge on any atom is 0.516 e. The smallest absolute Gasteiger partial charge is 0.428 e. The lowest BCUT2D eigenvalue weighted by Gasteiger charge is -2.17. The molecule has 0 aromatic heterocycles. The monoisotopic (exact) mass is 228 g/mol. The third-order valence-corrected chi connectivity index (χ3v) is 1.29. The highest BCUT2D eigenvalue weighted by molar-refractivity contribution is 5.89. The highest BCUT2D eigenvalue weighted by atomic mass is 16.7. The van der Waals surface area contributed by atoms with Gasteiger partial charge in [0.05, 0.1) is 0 Å². The molecule has 0 fully saturated rings. The molecule has 4 nitrogen and oxygen atoms in total. The van der Waals surface area contributed by atoms with Crippen LogP contribution in [0.4, 0.5) is 4.79 Å². The molecule has 0 aromatic carbocycles. The van der Waals surface area contributed by atoms with Crippen LogP contribution in [0.2, 0.25) is 0 Å². The number of allylic oxidation sites excluding steroid dienone is 1. The first-order valence-corrected chi connectivity index (χ1v) is 5.14. The largest absolute Gasteiger partial charge is 0.516 e. The van der Waals surface area contributed by atoms with Gasteiger partial charge in [0.2, 0.25) is 0 Å². The van der Waals surface area contributed by atoms with Gasteiger partial charge in [0.1, 0.15) is 5.60 Å². The summed E-state index contributed by atoms with van der Waals surface area (Å²) in [5.41, 5.74) is -0.794. The van der Waals surface area contributed by atoms with Crippen LogP contribution in [-0.2, 0) is 14.3 Å². The van der Waals surface area contributed by atoms with E-state index in [9.17, 15) is 9.59 Å². The van der Waals surface area contributed by atoms with Crippen LogP contribution < -0.4 is 0 Å². The molecule has 92 valence electrons. The summed E-state index contributed by atoms with van der Waals surface area (Å²) in [5, 5.41) is 0. The first-order valence-electron chi connectivity index (χ1n) is 5.14. The summed E-state index contributed by atoms with van der Waals surface area (Å²) in [6.07, 6.45) is 1.92. The Balaban J connectivity index is 4.17. The summed E-state index contributed by atoms with van der Waals surface area (Å²) in [4.78, 5) is 22.3. The van der Waals surface area contributed by atoms with Crippen molar-refractivity contribution < 1.29 is 19.1 Å². The Hall–Kier alpha value is -1.32. The van der Waals surface area contributed by atoms with Crippen molar-refractivity contribution in [2.75, 3.05) is 0 Å². The number of esters is 1. The number of ether oxygens (including phenoxy) is 2. The van der Waals surface area contributed by atoms with Gasteiger partial charge in [-0.2, -0.15) is 0 Å². The van der Waals surface area contributed by atoms with Crippen LogP contribution in [0.15, 0.2) is 12.2 Å². The molecule has 0 rings (SSSR count). The van der Waals surface area contributed by atoms with Crippen molar-refractivity contribution in [1.29, 1.82) is 0 Å². The van der Waals surface area contributed by atoms with Gasteiger partial charge in [-0.15, -0.1) is 0 Å². The maximum absolute atomic E-state index is 11.2. The zero-order valence-electron chi connectivity index (χ0n) is 10.8. The first-order chi connectivity index (χ1) is 6.99. The fourth-order valence-corrected chi connectivity index (χ4v) is 0.705. The summed E-state index contributed by atoms with van der Waals surface area (Å²) >= 11 is 0. The van der Waals surface area contributed by atoms with Gasteiger partial charge in [0, 0.05) is 6.08 Å². The lowest BCUT2D eigenvalue weighted by Crippen LogP contribution is -2.25. The fourth-order valence-electron chi connectivity index (χ4n) is 0.705. The molecule has 0 saturated carbocycles. The Labute approximate surface area is 96.6 Å². The third kappa shape index (κ3) is 9.24. The van der Waals surface area contributed by atoms with E-state index >= 15 is 0 Å². The van der Waals surface area contributed by atoms with Gasteiger partial charge in [-0.3, -0.25) is 0 Å². The number of carbonyl (C=O) groups excluding carboxylic acids is 2. The fraction of sp³-hybridized carbons (Fsp3) is 0.667. The van der Waals surface area contributed by atoms with Gasteiger partial charge in [0.15, 0.2) is 0 Å². The van der Waals surface area contributed by atoms with E-state index in [1.807, 2.05) is 20.8 Å². The van der Waals surface area contributed by atoms with Crippen LogP contribution in [0.3, 0.4) is 0 Å². The summed E-state index contributed by atoms with van der Waals surface area (Å²) in [7, 11) is 0. The summed E-state index contributed by atoms with van der Waals surface area (Å²) < 4.78 is 9.26. The number of hydrogen-bond acceptors (Lipinski definition) is 4. The number of hydrogen-bond donors (Lipinski definition) is 0. The highest BCUT2D eigenvalue weighted by Crippen LogP contribution is 2.14. The molecule has 0 bridgehead atoms. The van der Waals surface area contributed by atoms with Crippen LogP contribution in [0.25, 0.3) is 0 Å². The molecule has 0 amide bonds. The lowest BCUT2D eigenvalue weighted by molar-refractivity contribution is -0.135. The summed E-state index contributed by atoms with van der Waals surface area (Å²) in [6.45, 7) is 10.9. The predicted octanol–water partition coefficient (Wildman–Crippen LogP) is 3.07. The van der Waals surface area contributed by atoms with Crippen molar-refractivity contribution in [1.82, 2.24) is 0 Å². The standard InChI is InChI=1S/C12H20O4/c1-11(2,3)8-7-9(13)15-10(14)16-12(4,5)6/h7-8H,1-6H3/b8-7+. The number of carbonyl (C=O) groups is 2. The minimum Gasteiger partial charge on any atom is -0.428 e. The zero-order chi connectivity index (χ0) is 13.0. The van der Waals surface area contributed by atoms with E-state index in [1.54, 1.807) is 26.8 Å². The Morgan fingerprint density at radius 3 is 1.88 bits per heavy atom. The van der Waals surface area contributed by atoms with E-state index in [-0.39, 0.29) is 5.41 Å². The predicted molar refractivity (Wildman–Crippen MR) is 60.9 cm³/mol. The SMILES string of the molecule is CC(C)(C)/C=C/C(=O)OC(=O)OC(C)(C)C. The van der Waals surface area contributed by atoms with Gasteiger partial charge < -0.3 is 9.47 Å². The molecule has 0 heterocycles. The molecule has 0 atom stereocenters. The topological polar surface area (TPSA) is 52.6 Å². The molecule has 0 spiro atoms. The van der Waals surface area contributed by atoms with E-state index < -0.39 is 17.7 Å². The zero-order valence-corrected chi connectivity index (χ0v) is 10.8. The normalized spacial score (nSPS) is 12.6. The lowest BCUT2D eigenvalue weighted by atomic mass is 9.96. The quantitative estimate of drug-likeness (QED) is 0.393. The molecular formula is C12H20O4. The van der Waals surface area contributed by atoms with Crippen molar-refractivity contribution in [2.45, 2.75) is 47.1 Å². The Morgan fingerprint density at radius 1 is 1.00 bits per heavy atom. The van der Waals surface area contributed by atoms with Crippen LogP contribution in [0.5, 0.6) is 0 Å². The van der Waals surface area contributed by atoms with E-state index in [2.05, 4.69) is 4.74 Å². The Morgan fingerprint density at radius 2 is 1.50 bits per heavy atom. The van der Waals surface area contributed by atoms with Crippen molar-refractivity contribution in [2.24, 2.45) is 5.41 Å². The van der Waals surface area contributed by atoms with E-state index in [4.69, 9.17) is 4.74 Å². The Kier molecular flexibility index (Phi) is 4.72. The highest BCUT2D eigenvalue weighted by Gasteiger charge is 2.19. The van der Waals surface area contributed by atoms with Crippen LogP contribution in [0, 0.1) is 5.41 Å². The van der Waals surface area contributed by atoms with Gasteiger partial charge in [-0.1, -0.05) is 26.8 Å². The van der Waals surface area contributed by atoms with Crippen LogP contribution in [-0.4, -0.2) is 17.7 Å². The number of rotatable bonds is 1. The first kappa shape index (κ1) is 14.7. The molecule has 0 N–H and O–H groups in total. The molecule has 0 unspecified atom stereocenters. The van der Waals surface area contributed by atoms with Crippen molar-refractivity contribution >= 4 is 12.1 Å².